The summed E-state index contributed by atoms with van der Waals surface area (Å²) < 4.78 is 48.6. The molecule has 0 spiro atoms. The van der Waals surface area contributed by atoms with E-state index in [4.69, 9.17) is 10.3 Å². The molecule has 0 radical (unpaired) electrons. The Morgan fingerprint density at radius 2 is 0.941 bits per heavy atom. The second-order valence-electron chi connectivity index (χ2n) is 11.5. The summed E-state index contributed by atoms with van der Waals surface area (Å²) in [5.41, 5.74) is 5.30. The lowest BCUT2D eigenvalue weighted by molar-refractivity contribution is -0.0282. The molecule has 8 heteroatoms. The van der Waals surface area contributed by atoms with Crippen LogP contribution in [0.25, 0.3) is 0 Å². The van der Waals surface area contributed by atoms with E-state index in [1.165, 1.54) is 17.5 Å². The molecule has 34 heavy (non-hydrogen) atoms. The Labute approximate surface area is 203 Å². The van der Waals surface area contributed by atoms with Crippen LogP contribution in [-0.2, 0) is 30.9 Å². The van der Waals surface area contributed by atoms with Crippen LogP contribution in [0.2, 0.25) is 0 Å². The summed E-state index contributed by atoms with van der Waals surface area (Å²) in [6, 6.07) is 8.20. The number of hydrogen-bond donors (Lipinski definition) is 2. The molecule has 4 N–H and O–H groups in total. The molecule has 6 nitrogen and oxygen atoms in total. The van der Waals surface area contributed by atoms with Gasteiger partial charge in [0.05, 0.1) is 9.79 Å². The lowest BCUT2D eigenvalue weighted by Gasteiger charge is -2.63. The molecule has 6 rings (SSSR count). The van der Waals surface area contributed by atoms with E-state index < -0.39 is 20.0 Å². The molecule has 4 aliphatic rings. The number of benzene rings is 2. The average Bonchev–Trinajstić information content (AvgIpc) is 2.63. The van der Waals surface area contributed by atoms with Gasteiger partial charge in [0.25, 0.3) is 0 Å². The molecule has 0 aliphatic heterocycles. The third-order valence-corrected chi connectivity index (χ3v) is 11.2. The highest BCUT2D eigenvalue weighted by atomic mass is 32.2. The number of aryl methyl sites for hydroxylation is 4. The third-order valence-electron chi connectivity index (χ3n) is 8.78. The molecule has 0 unspecified atom stereocenters. The number of nitrogens with two attached hydrogens (primary N) is 2. The van der Waals surface area contributed by atoms with Gasteiger partial charge >= 0.3 is 0 Å². The molecule has 4 aliphatic carbocycles. The monoisotopic (exact) mass is 502 g/mol. The van der Waals surface area contributed by atoms with Crippen molar-refractivity contribution in [1.29, 1.82) is 0 Å². The molecule has 0 heterocycles. The van der Waals surface area contributed by atoms with Crippen LogP contribution >= 0.6 is 0 Å². The number of rotatable bonds is 4. The fraction of sp³-hybridized carbons (Fsp3) is 0.538. The van der Waals surface area contributed by atoms with Crippen molar-refractivity contribution in [2.45, 2.75) is 86.8 Å². The van der Waals surface area contributed by atoms with Gasteiger partial charge in [-0.1, -0.05) is 24.3 Å². The van der Waals surface area contributed by atoms with Gasteiger partial charge < -0.3 is 0 Å². The minimum atomic E-state index is -3.78. The first-order valence-corrected chi connectivity index (χ1v) is 15.0. The topological polar surface area (TPSA) is 120 Å². The van der Waals surface area contributed by atoms with Gasteiger partial charge in [-0.25, -0.2) is 27.1 Å². The Hall–Kier alpha value is -1.74. The normalized spacial score (nSPS) is 30.6. The van der Waals surface area contributed by atoms with Crippen molar-refractivity contribution in [1.82, 2.24) is 0 Å². The van der Waals surface area contributed by atoms with Crippen molar-refractivity contribution in [3.8, 4) is 0 Å². The quantitative estimate of drug-likeness (QED) is 0.656. The van der Waals surface area contributed by atoms with Crippen LogP contribution < -0.4 is 10.3 Å². The highest BCUT2D eigenvalue weighted by Gasteiger charge is 2.58. The largest absolute Gasteiger partial charge is 0.238 e. The minimum Gasteiger partial charge on any atom is -0.225 e. The highest BCUT2D eigenvalue weighted by molar-refractivity contribution is 7.89. The summed E-state index contributed by atoms with van der Waals surface area (Å²) in [6.45, 7) is 7.35. The molecule has 4 saturated carbocycles. The van der Waals surface area contributed by atoms with Crippen molar-refractivity contribution >= 4 is 20.0 Å². The van der Waals surface area contributed by atoms with Crippen molar-refractivity contribution in [2.24, 2.45) is 22.1 Å². The molecular weight excluding hydrogens is 468 g/mol. The second-order valence-corrected chi connectivity index (χ2v) is 14.5. The predicted octanol–water partition coefficient (Wildman–Crippen LogP) is 4.00. The fourth-order valence-electron chi connectivity index (χ4n) is 8.35. The van der Waals surface area contributed by atoms with Gasteiger partial charge in [-0.05, 0) is 122 Å². The molecule has 0 aromatic heterocycles. The Morgan fingerprint density at radius 3 is 1.21 bits per heavy atom. The minimum absolute atomic E-state index is 0.00306. The maximum Gasteiger partial charge on any atom is 0.238 e. The van der Waals surface area contributed by atoms with Crippen LogP contribution in [0.1, 0.15) is 71.9 Å². The molecule has 184 valence electrons. The summed E-state index contributed by atoms with van der Waals surface area (Å²) in [4.78, 5) is 0.473. The van der Waals surface area contributed by atoms with Gasteiger partial charge in [0, 0.05) is 0 Å². The van der Waals surface area contributed by atoms with Crippen LogP contribution in [0.4, 0.5) is 0 Å². The maximum atomic E-state index is 12.2. The van der Waals surface area contributed by atoms with Gasteiger partial charge in [0.1, 0.15) is 0 Å². The fourth-order valence-corrected chi connectivity index (χ4v) is 10.4. The zero-order valence-electron chi connectivity index (χ0n) is 20.3. The Morgan fingerprint density at radius 1 is 0.647 bits per heavy atom. The van der Waals surface area contributed by atoms with Crippen molar-refractivity contribution < 1.29 is 16.8 Å². The van der Waals surface area contributed by atoms with Crippen molar-refractivity contribution in [3.63, 3.8) is 0 Å². The number of hydrogen-bond acceptors (Lipinski definition) is 4. The molecule has 0 atom stereocenters. The molecular formula is C26H34N2O4S2. The Kier molecular flexibility index (Phi) is 5.21. The average molecular weight is 503 g/mol. The van der Waals surface area contributed by atoms with E-state index in [2.05, 4.69) is 0 Å². The number of sulfonamides is 2. The van der Waals surface area contributed by atoms with Gasteiger partial charge in [0.2, 0.25) is 20.0 Å². The summed E-state index contributed by atoms with van der Waals surface area (Å²) in [5, 5.41) is 11.0. The zero-order valence-corrected chi connectivity index (χ0v) is 21.9. The molecule has 0 amide bonds. The van der Waals surface area contributed by atoms with E-state index >= 15 is 0 Å². The Bertz CT molecular complexity index is 1260. The summed E-state index contributed by atoms with van der Waals surface area (Å²) >= 11 is 0. The second kappa shape index (κ2) is 7.38. The predicted molar refractivity (Wildman–Crippen MR) is 133 cm³/mol. The zero-order chi connectivity index (χ0) is 24.8. The summed E-state index contributed by atoms with van der Waals surface area (Å²) in [6.07, 6.45) is 6.70. The molecule has 2 aromatic carbocycles. The van der Waals surface area contributed by atoms with Gasteiger partial charge in [-0.15, -0.1) is 0 Å². The van der Waals surface area contributed by atoms with Crippen LogP contribution in [0.5, 0.6) is 0 Å². The summed E-state index contributed by atoms with van der Waals surface area (Å²) in [5.74, 6) is 1.22. The molecule has 2 aromatic rings. The van der Waals surface area contributed by atoms with Gasteiger partial charge in [0.15, 0.2) is 0 Å². The smallest absolute Gasteiger partial charge is 0.225 e. The molecule has 4 fully saturated rings. The SMILES string of the molecule is Cc1cc(C23CC4CC(C2)CC(c2cc(C)c(S(N)(=O)=O)c(C)c2)(C4)C3)cc(C)c1S(N)(=O)=O. The van der Waals surface area contributed by atoms with Gasteiger partial charge in [-0.3, -0.25) is 0 Å². The highest BCUT2D eigenvalue weighted by Crippen LogP contribution is 2.66. The van der Waals surface area contributed by atoms with Crippen LogP contribution in [0.15, 0.2) is 34.1 Å². The van der Waals surface area contributed by atoms with E-state index in [1.807, 2.05) is 52.0 Å². The van der Waals surface area contributed by atoms with E-state index in [0.29, 0.717) is 34.1 Å². The van der Waals surface area contributed by atoms with Gasteiger partial charge in [-0.2, -0.15) is 0 Å². The number of primary sulfonamides is 2. The van der Waals surface area contributed by atoms with Crippen molar-refractivity contribution in [2.75, 3.05) is 0 Å². The van der Waals surface area contributed by atoms with Crippen LogP contribution in [-0.4, -0.2) is 16.8 Å². The van der Waals surface area contributed by atoms with E-state index in [-0.39, 0.29) is 20.6 Å². The van der Waals surface area contributed by atoms with E-state index in [9.17, 15) is 16.8 Å². The first-order valence-electron chi connectivity index (χ1n) is 11.9. The standard InChI is InChI=1S/C26H34N2O4S2/c1-15-5-21(6-16(2)23(15)33(27,29)30)25-10-19-9-20(11-25)13-26(12-19,14-25)22-7-17(3)24(18(4)8-22)34(28,31)32/h5-8,19-20H,9-14H2,1-4H3,(H2,27,29,30)(H2,28,31,32). The lowest BCUT2D eigenvalue weighted by Crippen LogP contribution is -2.56. The third kappa shape index (κ3) is 3.65. The van der Waals surface area contributed by atoms with E-state index in [1.54, 1.807) is 0 Å². The summed E-state index contributed by atoms with van der Waals surface area (Å²) in [7, 11) is -7.55. The lowest BCUT2D eigenvalue weighted by atomic mass is 9.41. The van der Waals surface area contributed by atoms with E-state index in [0.717, 1.165) is 32.1 Å². The first-order chi connectivity index (χ1) is 15.6. The maximum absolute atomic E-state index is 12.2. The first kappa shape index (κ1) is 24.0. The van der Waals surface area contributed by atoms with Crippen LogP contribution in [0, 0.1) is 39.5 Å². The van der Waals surface area contributed by atoms with Crippen molar-refractivity contribution in [3.05, 3.63) is 57.6 Å². The molecule has 4 bridgehead atoms. The van der Waals surface area contributed by atoms with Crippen LogP contribution in [0.3, 0.4) is 0 Å². The Balaban J connectivity index is 1.63. The molecule has 0 saturated heterocycles.